The molecule has 0 aliphatic heterocycles. The van der Waals surface area contributed by atoms with Gasteiger partial charge in [0, 0.05) is 6.42 Å². The second-order valence-electron chi connectivity index (χ2n) is 7.23. The third kappa shape index (κ3) is 6.22. The van der Waals surface area contributed by atoms with E-state index in [1.807, 2.05) is 30.3 Å². The fraction of sp³-hybridized carbons (Fsp3) is 0.579. The lowest BCUT2D eigenvalue weighted by Crippen LogP contribution is -2.46. The number of nitrogens with one attached hydrogen (secondary N) is 1. The zero-order chi connectivity index (χ0) is 17.6. The maximum Gasteiger partial charge on any atom is 0.408 e. The van der Waals surface area contributed by atoms with Crippen LogP contribution in [0.15, 0.2) is 30.3 Å². The second kappa shape index (κ2) is 8.18. The maximum atomic E-state index is 12.5. The van der Waals surface area contributed by atoms with Gasteiger partial charge in [0.15, 0.2) is 0 Å². The summed E-state index contributed by atoms with van der Waals surface area (Å²) in [7, 11) is 0. The predicted molar refractivity (Wildman–Crippen MR) is 91.7 cm³/mol. The number of amides is 1. The third-order valence-corrected chi connectivity index (χ3v) is 3.84. The molecule has 1 saturated carbocycles. The van der Waals surface area contributed by atoms with Crippen molar-refractivity contribution in [2.24, 2.45) is 0 Å². The molecule has 5 heteroatoms. The average Bonchev–Trinajstić information content (AvgIpc) is 2.98. The molecule has 24 heavy (non-hydrogen) atoms. The van der Waals surface area contributed by atoms with Gasteiger partial charge >= 0.3 is 12.1 Å². The monoisotopic (exact) mass is 333 g/mol. The quantitative estimate of drug-likeness (QED) is 0.836. The largest absolute Gasteiger partial charge is 0.461 e. The highest BCUT2D eigenvalue weighted by molar-refractivity contribution is 5.82. The first-order chi connectivity index (χ1) is 11.3. The van der Waals surface area contributed by atoms with Gasteiger partial charge in [-0.1, -0.05) is 30.3 Å². The van der Waals surface area contributed by atoms with Crippen molar-refractivity contribution >= 4 is 12.1 Å². The van der Waals surface area contributed by atoms with Gasteiger partial charge in [-0.2, -0.15) is 0 Å². The van der Waals surface area contributed by atoms with Crippen molar-refractivity contribution in [3.8, 4) is 0 Å². The van der Waals surface area contributed by atoms with Gasteiger partial charge in [-0.25, -0.2) is 9.59 Å². The minimum absolute atomic E-state index is 0.0313. The van der Waals surface area contributed by atoms with Crippen LogP contribution in [0.4, 0.5) is 4.79 Å². The summed E-state index contributed by atoms with van der Waals surface area (Å²) in [4.78, 5) is 24.6. The van der Waals surface area contributed by atoms with Crippen molar-refractivity contribution in [3.05, 3.63) is 35.9 Å². The molecule has 0 unspecified atom stereocenters. The SMILES string of the molecule is CC(C)(C)OC(=O)N[C@@H](Cc1ccccc1)C(=O)OC1CCCC1. The first-order valence-electron chi connectivity index (χ1n) is 8.57. The molecule has 0 heterocycles. The lowest BCUT2D eigenvalue weighted by Gasteiger charge is -2.24. The molecule has 0 spiro atoms. The van der Waals surface area contributed by atoms with E-state index in [1.165, 1.54) is 0 Å². The van der Waals surface area contributed by atoms with Crippen molar-refractivity contribution < 1.29 is 19.1 Å². The van der Waals surface area contributed by atoms with Gasteiger partial charge in [-0.15, -0.1) is 0 Å². The molecule has 1 amide bonds. The van der Waals surface area contributed by atoms with Crippen molar-refractivity contribution in [2.75, 3.05) is 0 Å². The van der Waals surface area contributed by atoms with E-state index in [2.05, 4.69) is 5.32 Å². The van der Waals surface area contributed by atoms with Gasteiger partial charge in [0.05, 0.1) is 0 Å². The molecule has 1 atom stereocenters. The number of alkyl carbamates (subject to hydrolysis) is 1. The van der Waals surface area contributed by atoms with E-state index in [0.717, 1.165) is 31.2 Å². The van der Waals surface area contributed by atoms with Crippen LogP contribution < -0.4 is 5.32 Å². The van der Waals surface area contributed by atoms with Crippen LogP contribution in [0.1, 0.15) is 52.0 Å². The molecule has 0 saturated heterocycles. The third-order valence-electron chi connectivity index (χ3n) is 3.84. The summed E-state index contributed by atoms with van der Waals surface area (Å²) in [6.45, 7) is 5.36. The molecule has 2 rings (SSSR count). The Balaban J connectivity index is 2.02. The number of ether oxygens (including phenoxy) is 2. The van der Waals surface area contributed by atoms with Gasteiger partial charge in [-0.3, -0.25) is 0 Å². The summed E-state index contributed by atoms with van der Waals surface area (Å²) in [5, 5.41) is 2.66. The Morgan fingerprint density at radius 1 is 1.17 bits per heavy atom. The predicted octanol–water partition coefficient (Wildman–Crippen LogP) is 3.61. The highest BCUT2D eigenvalue weighted by Crippen LogP contribution is 2.21. The minimum Gasteiger partial charge on any atom is -0.461 e. The molecule has 1 N–H and O–H groups in total. The van der Waals surface area contributed by atoms with Crippen molar-refractivity contribution in [1.29, 1.82) is 0 Å². The van der Waals surface area contributed by atoms with E-state index in [0.29, 0.717) is 6.42 Å². The average molecular weight is 333 g/mol. The Labute approximate surface area is 143 Å². The van der Waals surface area contributed by atoms with Gasteiger partial charge < -0.3 is 14.8 Å². The summed E-state index contributed by atoms with van der Waals surface area (Å²) in [6.07, 6.45) is 3.71. The Hall–Kier alpha value is -2.04. The Bertz CT molecular complexity index is 544. The summed E-state index contributed by atoms with van der Waals surface area (Å²) in [5.74, 6) is -0.392. The van der Waals surface area contributed by atoms with Gasteiger partial charge in [0.1, 0.15) is 17.7 Å². The fourth-order valence-corrected chi connectivity index (χ4v) is 2.75. The zero-order valence-corrected chi connectivity index (χ0v) is 14.7. The van der Waals surface area contributed by atoms with Crippen LogP contribution in [0.2, 0.25) is 0 Å². The number of hydrogen-bond acceptors (Lipinski definition) is 4. The molecule has 1 aliphatic carbocycles. The minimum atomic E-state index is -0.747. The first kappa shape index (κ1) is 18.3. The fourth-order valence-electron chi connectivity index (χ4n) is 2.75. The van der Waals surface area contributed by atoms with Crippen LogP contribution >= 0.6 is 0 Å². The maximum absolute atomic E-state index is 12.5. The molecule has 1 fully saturated rings. The molecule has 0 bridgehead atoms. The topological polar surface area (TPSA) is 64.6 Å². The van der Waals surface area contributed by atoms with Crippen LogP contribution in [0.5, 0.6) is 0 Å². The second-order valence-corrected chi connectivity index (χ2v) is 7.23. The number of carbonyl (C=O) groups excluding carboxylic acids is 2. The number of hydrogen-bond donors (Lipinski definition) is 1. The molecular weight excluding hydrogens is 306 g/mol. The molecule has 132 valence electrons. The van der Waals surface area contributed by atoms with Crippen molar-refractivity contribution in [1.82, 2.24) is 5.32 Å². The highest BCUT2D eigenvalue weighted by Gasteiger charge is 2.28. The molecule has 0 radical (unpaired) electrons. The van der Waals surface area contributed by atoms with Crippen molar-refractivity contribution in [3.63, 3.8) is 0 Å². The van der Waals surface area contributed by atoms with E-state index in [9.17, 15) is 9.59 Å². The van der Waals surface area contributed by atoms with Crippen molar-refractivity contribution in [2.45, 2.75) is 70.6 Å². The molecule has 1 aromatic rings. The summed E-state index contributed by atoms with van der Waals surface area (Å²) >= 11 is 0. The smallest absolute Gasteiger partial charge is 0.408 e. The molecule has 1 aliphatic rings. The summed E-state index contributed by atoms with van der Waals surface area (Å²) in [5.41, 5.74) is 0.346. The Morgan fingerprint density at radius 2 is 1.79 bits per heavy atom. The molecule has 5 nitrogen and oxygen atoms in total. The van der Waals surface area contributed by atoms with E-state index in [1.54, 1.807) is 20.8 Å². The highest BCUT2D eigenvalue weighted by atomic mass is 16.6. The lowest BCUT2D eigenvalue weighted by molar-refractivity contribution is -0.151. The van der Waals surface area contributed by atoms with E-state index in [-0.39, 0.29) is 6.10 Å². The number of rotatable bonds is 5. The standard InChI is InChI=1S/C19H27NO4/c1-19(2,3)24-18(22)20-16(13-14-9-5-4-6-10-14)17(21)23-15-11-7-8-12-15/h4-6,9-10,15-16H,7-8,11-13H2,1-3H3,(H,20,22)/t16-/m0/s1. The van der Waals surface area contributed by atoms with E-state index < -0.39 is 23.7 Å². The summed E-state index contributed by atoms with van der Waals surface area (Å²) < 4.78 is 10.8. The first-order valence-corrected chi connectivity index (χ1v) is 8.57. The van der Waals surface area contributed by atoms with Gasteiger partial charge in [-0.05, 0) is 52.0 Å². The van der Waals surface area contributed by atoms with Crippen LogP contribution in [0.3, 0.4) is 0 Å². The van der Waals surface area contributed by atoms with Crippen LogP contribution in [-0.4, -0.2) is 29.8 Å². The number of esters is 1. The van der Waals surface area contributed by atoms with Gasteiger partial charge in [0.2, 0.25) is 0 Å². The lowest BCUT2D eigenvalue weighted by atomic mass is 10.1. The molecule has 0 aromatic heterocycles. The summed E-state index contributed by atoms with van der Waals surface area (Å²) in [6, 6.07) is 8.82. The van der Waals surface area contributed by atoms with Crippen LogP contribution in [0.25, 0.3) is 0 Å². The Kier molecular flexibility index (Phi) is 6.23. The van der Waals surface area contributed by atoms with Crippen LogP contribution in [0, 0.1) is 0 Å². The number of benzene rings is 1. The molecule has 1 aromatic carbocycles. The van der Waals surface area contributed by atoms with Gasteiger partial charge in [0.25, 0.3) is 0 Å². The van der Waals surface area contributed by atoms with E-state index in [4.69, 9.17) is 9.47 Å². The Morgan fingerprint density at radius 3 is 2.38 bits per heavy atom. The number of carbonyl (C=O) groups is 2. The van der Waals surface area contributed by atoms with Crippen LogP contribution in [-0.2, 0) is 20.7 Å². The zero-order valence-electron chi connectivity index (χ0n) is 14.7. The normalized spacial score (nSPS) is 16.5. The van der Waals surface area contributed by atoms with E-state index >= 15 is 0 Å². The molecular formula is C19H27NO4.